The maximum Gasteiger partial charge on any atom is 0.325 e. The molecule has 1 aromatic heterocycles. The minimum absolute atomic E-state index is 0.0719. The van der Waals surface area contributed by atoms with Gasteiger partial charge in [0.2, 0.25) is 0 Å². The van der Waals surface area contributed by atoms with Crippen molar-refractivity contribution in [1.82, 2.24) is 9.88 Å². The van der Waals surface area contributed by atoms with Crippen molar-refractivity contribution in [2.45, 2.75) is 76.0 Å². The lowest BCUT2D eigenvalue weighted by molar-refractivity contribution is -0.143. The van der Waals surface area contributed by atoms with Crippen LogP contribution >= 0.6 is 0 Å². The molecule has 1 aliphatic carbocycles. The highest BCUT2D eigenvalue weighted by atomic mass is 16.5. The van der Waals surface area contributed by atoms with Gasteiger partial charge in [-0.05, 0) is 75.5 Å². The number of likely N-dealkylation sites (tertiary alicyclic amines) is 1. The van der Waals surface area contributed by atoms with E-state index in [1.807, 2.05) is 29.2 Å². The number of para-hydroxylation sites is 1. The average molecular weight is 480 g/mol. The monoisotopic (exact) mass is 479 g/mol. The number of rotatable bonds is 11. The number of unbranched alkanes of at least 4 members (excludes halogenated alkanes) is 1. The lowest BCUT2D eigenvalue weighted by Gasteiger charge is -2.30. The number of aryl methyl sites for hydroxylation is 2. The molecule has 2 N–H and O–H groups in total. The summed E-state index contributed by atoms with van der Waals surface area (Å²) in [6.45, 7) is 3.05. The molecule has 2 aromatic rings. The van der Waals surface area contributed by atoms with Gasteiger partial charge >= 0.3 is 5.97 Å². The molecule has 3 heterocycles. The van der Waals surface area contributed by atoms with E-state index < -0.39 is 12.0 Å². The topological polar surface area (TPSA) is 83.9 Å². The lowest BCUT2D eigenvalue weighted by atomic mass is 9.96. The lowest BCUT2D eigenvalue weighted by Crippen LogP contribution is -2.34. The van der Waals surface area contributed by atoms with Gasteiger partial charge in [-0.2, -0.15) is 0 Å². The summed E-state index contributed by atoms with van der Waals surface area (Å²) in [6.07, 6.45) is 9.67. The number of nitrogens with one attached hydrogen (secondary N) is 1. The largest absolute Gasteiger partial charge is 0.490 e. The van der Waals surface area contributed by atoms with E-state index in [2.05, 4.69) is 17.4 Å². The Morgan fingerprint density at radius 3 is 2.83 bits per heavy atom. The number of benzene rings is 1. The smallest absolute Gasteiger partial charge is 0.325 e. The average Bonchev–Trinajstić information content (AvgIpc) is 3.30. The highest BCUT2D eigenvalue weighted by Crippen LogP contribution is 2.35. The van der Waals surface area contributed by atoms with Gasteiger partial charge < -0.3 is 19.9 Å². The summed E-state index contributed by atoms with van der Waals surface area (Å²) in [7, 11) is 0. The first-order valence-electron chi connectivity index (χ1n) is 13.2. The van der Waals surface area contributed by atoms with E-state index >= 15 is 0 Å². The standard InChI is InChI=1S/C28H37N3O4/c32-28(33)26(24-11-1-2-12-25(24)35-22-9-5-10-22)31-17-15-23(19-31)34-18-4-3-8-21-14-13-20-7-6-16-29-27(20)30-21/h1-2,11-14,22-23,26H,3-10,15-19H2,(H,29,30)(H,32,33). The van der Waals surface area contributed by atoms with E-state index in [1.165, 1.54) is 18.4 Å². The Morgan fingerprint density at radius 1 is 1.11 bits per heavy atom. The second-order valence-corrected chi connectivity index (χ2v) is 10.0. The molecular formula is C28H37N3O4. The second kappa shape index (κ2) is 11.4. The molecule has 1 aromatic carbocycles. The molecule has 3 aliphatic rings. The molecule has 7 nitrogen and oxygen atoms in total. The summed E-state index contributed by atoms with van der Waals surface area (Å²) < 4.78 is 12.3. The molecule has 1 saturated carbocycles. The Bertz CT molecular complexity index is 1010. The van der Waals surface area contributed by atoms with Crippen LogP contribution in [0.4, 0.5) is 5.82 Å². The minimum atomic E-state index is -0.831. The summed E-state index contributed by atoms with van der Waals surface area (Å²) in [5.74, 6) is 0.936. The number of nitrogens with zero attached hydrogens (tertiary/aromatic N) is 2. The third kappa shape index (κ3) is 5.96. The Kier molecular flexibility index (Phi) is 7.84. The zero-order valence-electron chi connectivity index (χ0n) is 20.5. The van der Waals surface area contributed by atoms with Crippen molar-refractivity contribution >= 4 is 11.8 Å². The van der Waals surface area contributed by atoms with Gasteiger partial charge in [-0.15, -0.1) is 0 Å². The Hall–Kier alpha value is -2.64. The number of carbonyl (C=O) groups is 1. The van der Waals surface area contributed by atoms with Crippen molar-refractivity contribution in [1.29, 1.82) is 0 Å². The van der Waals surface area contributed by atoms with Crippen molar-refractivity contribution in [2.24, 2.45) is 0 Å². The van der Waals surface area contributed by atoms with E-state index in [-0.39, 0.29) is 12.2 Å². The number of hydrogen-bond donors (Lipinski definition) is 2. The Balaban J connectivity index is 1.09. The van der Waals surface area contributed by atoms with Gasteiger partial charge in [-0.3, -0.25) is 9.69 Å². The molecule has 0 radical (unpaired) electrons. The van der Waals surface area contributed by atoms with E-state index in [9.17, 15) is 9.90 Å². The molecule has 7 heteroatoms. The van der Waals surface area contributed by atoms with E-state index in [4.69, 9.17) is 14.5 Å². The first kappa shape index (κ1) is 24.1. The normalized spacial score (nSPS) is 21.1. The zero-order valence-corrected chi connectivity index (χ0v) is 20.5. The van der Waals surface area contributed by atoms with Crippen LogP contribution in [0, 0.1) is 0 Å². The fraction of sp³-hybridized carbons (Fsp3) is 0.571. The SMILES string of the molecule is O=C(O)C(c1ccccc1OC1CCC1)N1CCC(OCCCCc2ccc3c(n2)NCCC3)C1. The van der Waals surface area contributed by atoms with Crippen molar-refractivity contribution in [3.8, 4) is 5.75 Å². The molecule has 1 saturated heterocycles. The van der Waals surface area contributed by atoms with E-state index in [1.54, 1.807) is 0 Å². The first-order valence-corrected chi connectivity index (χ1v) is 13.2. The van der Waals surface area contributed by atoms with E-state index in [0.29, 0.717) is 25.4 Å². The van der Waals surface area contributed by atoms with Crippen molar-refractivity contribution < 1.29 is 19.4 Å². The van der Waals surface area contributed by atoms with E-state index in [0.717, 1.165) is 68.6 Å². The number of carboxylic acid groups (broad SMARTS) is 1. The van der Waals surface area contributed by atoms with Gasteiger partial charge in [-0.1, -0.05) is 24.3 Å². The molecule has 0 spiro atoms. The molecule has 188 valence electrons. The van der Waals surface area contributed by atoms with Crippen LogP contribution in [-0.4, -0.2) is 59.4 Å². The maximum absolute atomic E-state index is 12.3. The van der Waals surface area contributed by atoms with Crippen LogP contribution in [-0.2, 0) is 22.4 Å². The minimum Gasteiger partial charge on any atom is -0.490 e. The molecule has 35 heavy (non-hydrogen) atoms. The van der Waals surface area contributed by atoms with Crippen LogP contribution in [0.2, 0.25) is 0 Å². The molecule has 5 rings (SSSR count). The number of fused-ring (bicyclic) bond motifs is 1. The molecule has 0 amide bonds. The number of ether oxygens (including phenoxy) is 2. The third-order valence-corrected chi connectivity index (χ3v) is 7.47. The Labute approximate surface area is 207 Å². The summed E-state index contributed by atoms with van der Waals surface area (Å²) >= 11 is 0. The molecule has 2 atom stereocenters. The summed E-state index contributed by atoms with van der Waals surface area (Å²) in [5.41, 5.74) is 3.21. The molecular weight excluding hydrogens is 442 g/mol. The molecule has 0 bridgehead atoms. The highest BCUT2D eigenvalue weighted by Gasteiger charge is 2.36. The zero-order chi connectivity index (χ0) is 24.0. The van der Waals surface area contributed by atoms with Crippen LogP contribution in [0.25, 0.3) is 0 Å². The fourth-order valence-electron chi connectivity index (χ4n) is 5.26. The maximum atomic E-state index is 12.3. The van der Waals surface area contributed by atoms with Gasteiger partial charge in [-0.25, -0.2) is 4.98 Å². The number of carboxylic acids is 1. The van der Waals surface area contributed by atoms with Crippen molar-refractivity contribution in [2.75, 3.05) is 31.6 Å². The summed E-state index contributed by atoms with van der Waals surface area (Å²) in [4.78, 5) is 19.1. The predicted octanol–water partition coefficient (Wildman–Crippen LogP) is 4.61. The number of anilines is 1. The quantitative estimate of drug-likeness (QED) is 0.455. The Morgan fingerprint density at radius 2 is 2.00 bits per heavy atom. The van der Waals surface area contributed by atoms with Crippen LogP contribution in [0.3, 0.4) is 0 Å². The predicted molar refractivity (Wildman–Crippen MR) is 135 cm³/mol. The summed E-state index contributed by atoms with van der Waals surface area (Å²) in [5, 5.41) is 13.5. The first-order chi connectivity index (χ1) is 17.2. The van der Waals surface area contributed by atoms with Crippen molar-refractivity contribution in [3.63, 3.8) is 0 Å². The molecule has 2 unspecified atom stereocenters. The molecule has 2 aliphatic heterocycles. The van der Waals surface area contributed by atoms with Crippen LogP contribution in [0.15, 0.2) is 36.4 Å². The van der Waals surface area contributed by atoms with Crippen LogP contribution in [0.5, 0.6) is 5.75 Å². The number of aromatic nitrogens is 1. The van der Waals surface area contributed by atoms with Gasteiger partial charge in [0.15, 0.2) is 0 Å². The summed E-state index contributed by atoms with van der Waals surface area (Å²) in [6, 6.07) is 11.3. The number of aliphatic carboxylic acids is 1. The van der Waals surface area contributed by atoms with Crippen LogP contribution < -0.4 is 10.1 Å². The molecule has 2 fully saturated rings. The van der Waals surface area contributed by atoms with Gasteiger partial charge in [0, 0.05) is 37.5 Å². The van der Waals surface area contributed by atoms with Gasteiger partial charge in [0.1, 0.15) is 17.6 Å². The van der Waals surface area contributed by atoms with Crippen LogP contribution in [0.1, 0.15) is 67.8 Å². The highest BCUT2D eigenvalue weighted by molar-refractivity contribution is 5.76. The fourth-order valence-corrected chi connectivity index (χ4v) is 5.26. The van der Waals surface area contributed by atoms with Crippen molar-refractivity contribution in [3.05, 3.63) is 53.2 Å². The second-order valence-electron chi connectivity index (χ2n) is 10.0. The van der Waals surface area contributed by atoms with Gasteiger partial charge in [0.25, 0.3) is 0 Å². The third-order valence-electron chi connectivity index (χ3n) is 7.47. The van der Waals surface area contributed by atoms with Gasteiger partial charge in [0.05, 0.1) is 12.2 Å². The number of hydrogen-bond acceptors (Lipinski definition) is 6. The number of pyridine rings is 1.